The second-order valence-electron chi connectivity index (χ2n) is 3.52. The largest absolute Gasteiger partial charge is 0.368 e. The lowest BCUT2D eigenvalue weighted by atomic mass is 10.2. The summed E-state index contributed by atoms with van der Waals surface area (Å²) in [7, 11) is 0. The van der Waals surface area contributed by atoms with Crippen molar-refractivity contribution >= 4 is 34.4 Å². The second-order valence-corrected chi connectivity index (χ2v) is 4.76. The SMILES string of the molecule is NC(=O)C1CNCCN1c1ncc(I)cn1. The Morgan fingerprint density at radius 2 is 2.25 bits per heavy atom. The standard InChI is InChI=1S/C9H12IN5O/c10-6-3-13-9(14-4-6)15-2-1-12-5-7(15)8(11)16/h3-4,7,12H,1-2,5H2,(H2,11,16). The van der Waals surface area contributed by atoms with Crippen molar-refractivity contribution in [3.63, 3.8) is 0 Å². The zero-order valence-corrected chi connectivity index (χ0v) is 10.7. The van der Waals surface area contributed by atoms with Crippen molar-refractivity contribution in [3.8, 4) is 0 Å². The predicted molar refractivity (Wildman–Crippen MR) is 67.9 cm³/mol. The summed E-state index contributed by atoms with van der Waals surface area (Å²) in [5, 5.41) is 3.13. The van der Waals surface area contributed by atoms with E-state index in [1.165, 1.54) is 0 Å². The van der Waals surface area contributed by atoms with Gasteiger partial charge in [0.2, 0.25) is 11.9 Å². The van der Waals surface area contributed by atoms with Crippen LogP contribution in [-0.4, -0.2) is 41.6 Å². The number of carbonyl (C=O) groups excluding carboxylic acids is 1. The monoisotopic (exact) mass is 333 g/mol. The molecule has 0 spiro atoms. The molecule has 86 valence electrons. The van der Waals surface area contributed by atoms with Gasteiger partial charge in [0.05, 0.1) is 0 Å². The fourth-order valence-corrected chi connectivity index (χ4v) is 1.93. The third-order valence-electron chi connectivity index (χ3n) is 2.44. The van der Waals surface area contributed by atoms with Gasteiger partial charge in [-0.25, -0.2) is 9.97 Å². The molecular formula is C9H12IN5O. The van der Waals surface area contributed by atoms with Gasteiger partial charge in [0, 0.05) is 35.6 Å². The summed E-state index contributed by atoms with van der Waals surface area (Å²) < 4.78 is 0.965. The normalized spacial score (nSPS) is 20.8. The Morgan fingerprint density at radius 3 is 2.88 bits per heavy atom. The number of hydrogen-bond acceptors (Lipinski definition) is 5. The summed E-state index contributed by atoms with van der Waals surface area (Å²) in [6.07, 6.45) is 3.45. The van der Waals surface area contributed by atoms with Crippen molar-refractivity contribution in [1.82, 2.24) is 15.3 Å². The van der Waals surface area contributed by atoms with Crippen molar-refractivity contribution in [2.45, 2.75) is 6.04 Å². The number of halogens is 1. The molecule has 0 aliphatic carbocycles. The summed E-state index contributed by atoms with van der Waals surface area (Å²) in [6.45, 7) is 2.04. The molecule has 1 atom stereocenters. The minimum absolute atomic E-state index is 0.352. The van der Waals surface area contributed by atoms with Gasteiger partial charge in [0.1, 0.15) is 6.04 Å². The van der Waals surface area contributed by atoms with Crippen molar-refractivity contribution in [1.29, 1.82) is 0 Å². The molecule has 1 aromatic rings. The maximum Gasteiger partial charge on any atom is 0.241 e. The highest BCUT2D eigenvalue weighted by Gasteiger charge is 2.28. The Bertz CT molecular complexity index is 382. The molecule has 16 heavy (non-hydrogen) atoms. The molecule has 0 radical (unpaired) electrons. The quantitative estimate of drug-likeness (QED) is 0.703. The Morgan fingerprint density at radius 1 is 1.56 bits per heavy atom. The molecule has 1 saturated heterocycles. The second kappa shape index (κ2) is 4.91. The summed E-state index contributed by atoms with van der Waals surface area (Å²) in [5.74, 6) is 0.208. The first-order valence-electron chi connectivity index (χ1n) is 4.92. The van der Waals surface area contributed by atoms with E-state index in [0.29, 0.717) is 19.0 Å². The molecule has 2 rings (SSSR count). The number of carbonyl (C=O) groups is 1. The number of piperazine rings is 1. The van der Waals surface area contributed by atoms with Crippen LogP contribution >= 0.6 is 22.6 Å². The van der Waals surface area contributed by atoms with Gasteiger partial charge in [-0.1, -0.05) is 0 Å². The Labute approximate surface area is 107 Å². The van der Waals surface area contributed by atoms with Crippen LogP contribution in [0.25, 0.3) is 0 Å². The van der Waals surface area contributed by atoms with Crippen molar-refractivity contribution < 1.29 is 4.79 Å². The minimum atomic E-state index is -0.367. The molecule has 1 aliphatic rings. The molecule has 1 aromatic heterocycles. The lowest BCUT2D eigenvalue weighted by Crippen LogP contribution is -2.57. The summed E-state index contributed by atoms with van der Waals surface area (Å²) >= 11 is 2.14. The lowest BCUT2D eigenvalue weighted by Gasteiger charge is -2.33. The predicted octanol–water partition coefficient (Wildman–Crippen LogP) is -0.655. The number of primary amides is 1. The average Bonchev–Trinajstić information content (AvgIpc) is 2.30. The lowest BCUT2D eigenvalue weighted by molar-refractivity contribution is -0.119. The fourth-order valence-electron chi connectivity index (χ4n) is 1.65. The van der Waals surface area contributed by atoms with E-state index < -0.39 is 0 Å². The van der Waals surface area contributed by atoms with Crippen LogP contribution in [0.4, 0.5) is 5.95 Å². The number of aromatic nitrogens is 2. The van der Waals surface area contributed by atoms with E-state index in [4.69, 9.17) is 5.73 Å². The zero-order chi connectivity index (χ0) is 11.5. The molecule has 7 heteroatoms. The highest BCUT2D eigenvalue weighted by Crippen LogP contribution is 2.13. The van der Waals surface area contributed by atoms with Gasteiger partial charge >= 0.3 is 0 Å². The van der Waals surface area contributed by atoms with E-state index >= 15 is 0 Å². The number of nitrogens with one attached hydrogen (secondary N) is 1. The molecule has 1 fully saturated rings. The molecule has 1 amide bonds. The topological polar surface area (TPSA) is 84.1 Å². The fraction of sp³-hybridized carbons (Fsp3) is 0.444. The third kappa shape index (κ3) is 2.40. The van der Waals surface area contributed by atoms with Crippen molar-refractivity contribution in [2.24, 2.45) is 5.73 Å². The van der Waals surface area contributed by atoms with Gasteiger partial charge in [-0.2, -0.15) is 0 Å². The van der Waals surface area contributed by atoms with Gasteiger partial charge in [0.25, 0.3) is 0 Å². The highest BCUT2D eigenvalue weighted by atomic mass is 127. The maximum absolute atomic E-state index is 11.3. The van der Waals surface area contributed by atoms with Crippen LogP contribution in [0.2, 0.25) is 0 Å². The first-order chi connectivity index (χ1) is 7.68. The van der Waals surface area contributed by atoms with E-state index in [1.54, 1.807) is 12.4 Å². The first kappa shape index (κ1) is 11.5. The molecule has 0 saturated carbocycles. The van der Waals surface area contributed by atoms with Crippen LogP contribution in [0.3, 0.4) is 0 Å². The van der Waals surface area contributed by atoms with Crippen LogP contribution in [0.5, 0.6) is 0 Å². The molecule has 1 unspecified atom stereocenters. The van der Waals surface area contributed by atoms with E-state index in [9.17, 15) is 4.79 Å². The van der Waals surface area contributed by atoms with Crippen molar-refractivity contribution in [3.05, 3.63) is 16.0 Å². The number of rotatable bonds is 2. The Balaban J connectivity index is 2.23. The van der Waals surface area contributed by atoms with Crippen LogP contribution in [-0.2, 0) is 4.79 Å². The third-order valence-corrected chi connectivity index (χ3v) is 2.99. The van der Waals surface area contributed by atoms with Crippen LogP contribution in [0.15, 0.2) is 12.4 Å². The van der Waals surface area contributed by atoms with Crippen LogP contribution in [0.1, 0.15) is 0 Å². The Kier molecular flexibility index (Phi) is 3.54. The van der Waals surface area contributed by atoms with Gasteiger partial charge in [0.15, 0.2) is 0 Å². The average molecular weight is 333 g/mol. The molecule has 0 bridgehead atoms. The van der Waals surface area contributed by atoms with E-state index in [0.717, 1.165) is 10.1 Å². The van der Waals surface area contributed by atoms with E-state index in [2.05, 4.69) is 37.9 Å². The Hall–Kier alpha value is -0.960. The number of anilines is 1. The summed E-state index contributed by atoms with van der Waals surface area (Å²) in [5.41, 5.74) is 5.35. The molecule has 0 aromatic carbocycles. The van der Waals surface area contributed by atoms with Gasteiger partial charge in [-0.15, -0.1) is 0 Å². The molecule has 6 nitrogen and oxygen atoms in total. The first-order valence-corrected chi connectivity index (χ1v) is 6.00. The molecule has 3 N–H and O–H groups in total. The summed E-state index contributed by atoms with van der Waals surface area (Å²) in [6, 6.07) is -0.367. The number of nitrogens with two attached hydrogens (primary N) is 1. The van der Waals surface area contributed by atoms with Gasteiger partial charge in [-0.3, -0.25) is 4.79 Å². The van der Waals surface area contributed by atoms with Crippen LogP contribution in [0, 0.1) is 3.57 Å². The minimum Gasteiger partial charge on any atom is -0.368 e. The molecular weight excluding hydrogens is 321 g/mol. The van der Waals surface area contributed by atoms with E-state index in [1.807, 2.05) is 4.90 Å². The van der Waals surface area contributed by atoms with E-state index in [-0.39, 0.29) is 11.9 Å². The smallest absolute Gasteiger partial charge is 0.241 e. The van der Waals surface area contributed by atoms with Crippen LogP contribution < -0.4 is 16.0 Å². The maximum atomic E-state index is 11.3. The number of nitrogens with zero attached hydrogens (tertiary/aromatic N) is 3. The number of amides is 1. The highest BCUT2D eigenvalue weighted by molar-refractivity contribution is 14.1. The van der Waals surface area contributed by atoms with Gasteiger partial charge in [-0.05, 0) is 22.6 Å². The van der Waals surface area contributed by atoms with Crippen molar-refractivity contribution in [2.75, 3.05) is 24.5 Å². The zero-order valence-electron chi connectivity index (χ0n) is 8.56. The van der Waals surface area contributed by atoms with Gasteiger partial charge < -0.3 is 16.0 Å². The number of hydrogen-bond donors (Lipinski definition) is 2. The molecule has 1 aliphatic heterocycles. The summed E-state index contributed by atoms with van der Waals surface area (Å²) in [4.78, 5) is 21.5. The molecule has 2 heterocycles.